The first kappa shape index (κ1) is 19.1. The van der Waals surface area contributed by atoms with Crippen LogP contribution in [0.25, 0.3) is 6.08 Å². The molecule has 0 spiro atoms. The molecular weight excluding hydrogens is 367 g/mol. The maximum absolute atomic E-state index is 13.4. The number of hydrogen-bond acceptors (Lipinski definition) is 5. The Bertz CT molecular complexity index is 885. The molecule has 0 heterocycles. The molecule has 0 aliphatic rings. The number of nitro benzene ring substituents is 1. The number of hydrogen-bond donors (Lipinski definition) is 1. The van der Waals surface area contributed by atoms with Gasteiger partial charge in [0.05, 0.1) is 4.92 Å². The largest absolute Gasteiger partial charge is 0.452 e. The van der Waals surface area contributed by atoms with E-state index in [1.807, 2.05) is 0 Å². The van der Waals surface area contributed by atoms with Crippen molar-refractivity contribution in [2.75, 3.05) is 11.9 Å². The Hall–Kier alpha value is -3.26. The molecular formula is C17H12ClFN2O5. The maximum Gasteiger partial charge on any atom is 0.331 e. The first-order chi connectivity index (χ1) is 12.4. The Kier molecular flexibility index (Phi) is 6.40. The van der Waals surface area contributed by atoms with Crippen molar-refractivity contribution < 1.29 is 23.6 Å². The average molecular weight is 379 g/mol. The van der Waals surface area contributed by atoms with Gasteiger partial charge in [-0.25, -0.2) is 9.18 Å². The smallest absolute Gasteiger partial charge is 0.331 e. The third-order valence-electron chi connectivity index (χ3n) is 3.08. The van der Waals surface area contributed by atoms with E-state index in [1.165, 1.54) is 36.4 Å². The summed E-state index contributed by atoms with van der Waals surface area (Å²) < 4.78 is 18.1. The summed E-state index contributed by atoms with van der Waals surface area (Å²) in [6, 6.07) is 9.54. The molecule has 1 amide bonds. The van der Waals surface area contributed by atoms with E-state index in [-0.39, 0.29) is 22.0 Å². The van der Waals surface area contributed by atoms with E-state index in [1.54, 1.807) is 6.07 Å². The van der Waals surface area contributed by atoms with Crippen LogP contribution in [0.2, 0.25) is 5.02 Å². The molecule has 2 aromatic carbocycles. The van der Waals surface area contributed by atoms with Crippen molar-refractivity contribution in [2.45, 2.75) is 0 Å². The summed E-state index contributed by atoms with van der Waals surface area (Å²) in [5, 5.41) is 13.1. The third kappa shape index (κ3) is 5.38. The van der Waals surface area contributed by atoms with Crippen molar-refractivity contribution in [1.82, 2.24) is 0 Å². The van der Waals surface area contributed by atoms with E-state index in [4.69, 9.17) is 16.3 Å². The number of rotatable bonds is 6. The molecule has 0 aliphatic carbocycles. The number of esters is 1. The van der Waals surface area contributed by atoms with Crippen molar-refractivity contribution in [3.8, 4) is 0 Å². The fourth-order valence-electron chi connectivity index (χ4n) is 1.88. The van der Waals surface area contributed by atoms with Crippen molar-refractivity contribution >= 4 is 40.9 Å². The summed E-state index contributed by atoms with van der Waals surface area (Å²) in [6.07, 6.45) is 2.21. The second-order valence-corrected chi connectivity index (χ2v) is 5.34. The number of benzene rings is 2. The zero-order valence-electron chi connectivity index (χ0n) is 13.1. The van der Waals surface area contributed by atoms with Crippen molar-refractivity contribution in [2.24, 2.45) is 0 Å². The molecule has 9 heteroatoms. The highest BCUT2D eigenvalue weighted by Gasteiger charge is 2.14. The second kappa shape index (κ2) is 8.72. The SMILES string of the molecule is O=C(COC(=O)/C=C/c1ccccc1F)Nc1ccc(Cl)c([N+](=O)[O-])c1. The Morgan fingerprint density at radius 2 is 2.00 bits per heavy atom. The van der Waals surface area contributed by atoms with Gasteiger partial charge in [0.1, 0.15) is 10.8 Å². The molecule has 0 bridgehead atoms. The molecule has 0 atom stereocenters. The van der Waals surface area contributed by atoms with Gasteiger partial charge in [-0.3, -0.25) is 14.9 Å². The van der Waals surface area contributed by atoms with E-state index < -0.39 is 29.2 Å². The Labute approximate surface area is 152 Å². The standard InChI is InChI=1S/C17H12ClFN2O5/c18-13-7-6-12(9-15(13)21(24)25)20-16(22)10-26-17(23)8-5-11-3-1-2-4-14(11)19/h1-9H,10H2,(H,20,22)/b8-5+. The zero-order chi connectivity index (χ0) is 19.1. The summed E-state index contributed by atoms with van der Waals surface area (Å²) in [4.78, 5) is 33.4. The van der Waals surface area contributed by atoms with Crippen LogP contribution in [0.5, 0.6) is 0 Å². The van der Waals surface area contributed by atoms with E-state index in [2.05, 4.69) is 5.32 Å². The molecule has 0 aliphatic heterocycles. The number of nitrogens with one attached hydrogen (secondary N) is 1. The van der Waals surface area contributed by atoms with Crippen LogP contribution in [0.1, 0.15) is 5.56 Å². The van der Waals surface area contributed by atoms with Gasteiger partial charge in [0.2, 0.25) is 0 Å². The quantitative estimate of drug-likeness (QED) is 0.358. The van der Waals surface area contributed by atoms with Gasteiger partial charge in [-0.15, -0.1) is 0 Å². The number of nitrogens with zero attached hydrogens (tertiary/aromatic N) is 1. The number of anilines is 1. The van der Waals surface area contributed by atoms with E-state index in [9.17, 15) is 24.1 Å². The van der Waals surface area contributed by atoms with Crippen LogP contribution in [0.3, 0.4) is 0 Å². The number of carbonyl (C=O) groups excluding carboxylic acids is 2. The highest BCUT2D eigenvalue weighted by atomic mass is 35.5. The third-order valence-corrected chi connectivity index (χ3v) is 3.40. The molecule has 0 radical (unpaired) electrons. The lowest BCUT2D eigenvalue weighted by molar-refractivity contribution is -0.384. The zero-order valence-corrected chi connectivity index (χ0v) is 13.9. The Balaban J connectivity index is 1.89. The van der Waals surface area contributed by atoms with Gasteiger partial charge in [-0.05, 0) is 24.3 Å². The van der Waals surface area contributed by atoms with Crippen LogP contribution in [0.15, 0.2) is 48.5 Å². The predicted molar refractivity (Wildman–Crippen MR) is 93.1 cm³/mol. The minimum Gasteiger partial charge on any atom is -0.452 e. The van der Waals surface area contributed by atoms with Gasteiger partial charge in [-0.2, -0.15) is 0 Å². The van der Waals surface area contributed by atoms with E-state index >= 15 is 0 Å². The maximum atomic E-state index is 13.4. The number of amides is 1. The molecule has 0 saturated heterocycles. The summed E-state index contributed by atoms with van der Waals surface area (Å²) in [6.45, 7) is -0.614. The molecule has 0 unspecified atom stereocenters. The van der Waals surface area contributed by atoms with Gasteiger partial charge in [0.15, 0.2) is 6.61 Å². The first-order valence-corrected chi connectivity index (χ1v) is 7.58. The van der Waals surface area contributed by atoms with Crippen LogP contribution in [-0.4, -0.2) is 23.4 Å². The number of carbonyl (C=O) groups is 2. The fraction of sp³-hybridized carbons (Fsp3) is 0.0588. The number of halogens is 2. The molecule has 134 valence electrons. The fourth-order valence-corrected chi connectivity index (χ4v) is 2.07. The molecule has 2 aromatic rings. The van der Waals surface area contributed by atoms with Crippen LogP contribution >= 0.6 is 11.6 Å². The number of nitro groups is 1. The minimum absolute atomic E-state index is 0.0716. The first-order valence-electron chi connectivity index (χ1n) is 7.20. The monoisotopic (exact) mass is 378 g/mol. The van der Waals surface area contributed by atoms with Crippen LogP contribution in [0.4, 0.5) is 15.8 Å². The average Bonchev–Trinajstić information content (AvgIpc) is 2.60. The van der Waals surface area contributed by atoms with Crippen LogP contribution < -0.4 is 5.32 Å². The molecule has 0 aromatic heterocycles. The van der Waals surface area contributed by atoms with Gasteiger partial charge in [0, 0.05) is 23.4 Å². The topological polar surface area (TPSA) is 98.5 Å². The molecule has 0 saturated carbocycles. The highest BCUT2D eigenvalue weighted by molar-refractivity contribution is 6.32. The lowest BCUT2D eigenvalue weighted by atomic mass is 10.2. The van der Waals surface area contributed by atoms with Crippen LogP contribution in [0, 0.1) is 15.9 Å². The summed E-state index contributed by atoms with van der Waals surface area (Å²) in [7, 11) is 0. The molecule has 7 nitrogen and oxygen atoms in total. The lowest BCUT2D eigenvalue weighted by Crippen LogP contribution is -2.20. The van der Waals surface area contributed by atoms with Crippen molar-refractivity contribution in [3.63, 3.8) is 0 Å². The minimum atomic E-state index is -0.842. The van der Waals surface area contributed by atoms with Gasteiger partial charge >= 0.3 is 5.97 Å². The van der Waals surface area contributed by atoms with Gasteiger partial charge < -0.3 is 10.1 Å². The molecule has 1 N–H and O–H groups in total. The van der Waals surface area contributed by atoms with Gasteiger partial charge in [-0.1, -0.05) is 29.8 Å². The second-order valence-electron chi connectivity index (χ2n) is 4.93. The predicted octanol–water partition coefficient (Wildman–Crippen LogP) is 3.58. The summed E-state index contributed by atoms with van der Waals surface area (Å²) >= 11 is 5.67. The van der Waals surface area contributed by atoms with Crippen LogP contribution in [-0.2, 0) is 14.3 Å². The Morgan fingerprint density at radius 3 is 2.69 bits per heavy atom. The molecule has 2 rings (SSSR count). The lowest BCUT2D eigenvalue weighted by Gasteiger charge is -2.06. The number of ether oxygens (including phenoxy) is 1. The Morgan fingerprint density at radius 1 is 1.27 bits per heavy atom. The summed E-state index contributed by atoms with van der Waals surface area (Å²) in [5.41, 5.74) is -0.0410. The molecule has 26 heavy (non-hydrogen) atoms. The normalized spacial score (nSPS) is 10.5. The highest BCUT2D eigenvalue weighted by Crippen LogP contribution is 2.27. The summed E-state index contributed by atoms with van der Waals surface area (Å²) in [5.74, 6) is -2.04. The van der Waals surface area contributed by atoms with Gasteiger partial charge in [0.25, 0.3) is 11.6 Å². The van der Waals surface area contributed by atoms with Crippen molar-refractivity contribution in [3.05, 3.63) is 75.1 Å². The van der Waals surface area contributed by atoms with Crippen molar-refractivity contribution in [1.29, 1.82) is 0 Å². The molecule has 0 fully saturated rings. The van der Waals surface area contributed by atoms with E-state index in [0.717, 1.165) is 12.1 Å². The van der Waals surface area contributed by atoms with E-state index in [0.29, 0.717) is 0 Å².